The van der Waals surface area contributed by atoms with Gasteiger partial charge in [-0.15, -0.1) is 34.5 Å². The Balaban J connectivity index is 2.03. The van der Waals surface area contributed by atoms with Gasteiger partial charge in [0.05, 0.1) is 19.1 Å². The van der Waals surface area contributed by atoms with Crippen molar-refractivity contribution in [2.75, 3.05) is 19.0 Å². The first-order valence-electron chi connectivity index (χ1n) is 8.79. The number of rotatable bonds is 6. The van der Waals surface area contributed by atoms with Crippen LogP contribution in [0.5, 0.6) is 5.75 Å². The quantitative estimate of drug-likeness (QED) is 0.479. The van der Waals surface area contributed by atoms with Crippen LogP contribution in [0.25, 0.3) is 11.1 Å². The predicted octanol–water partition coefficient (Wildman–Crippen LogP) is 5.43. The number of anilines is 1. The highest BCUT2D eigenvalue weighted by molar-refractivity contribution is 7.17. The molecule has 0 radical (unpaired) electrons. The van der Waals surface area contributed by atoms with Gasteiger partial charge < -0.3 is 14.8 Å². The molecule has 1 N–H and O–H groups in total. The normalized spacial score (nSPS) is 19.8. The first-order valence-corrected chi connectivity index (χ1v) is 10.4. The minimum Gasteiger partial charge on any atom is -0.497 e. The Bertz CT molecular complexity index is 923. The molecular weight excluding hydrogens is 421 g/mol. The molecule has 5 nitrogen and oxygen atoms in total. The van der Waals surface area contributed by atoms with E-state index in [4.69, 9.17) is 32.7 Å². The van der Waals surface area contributed by atoms with Gasteiger partial charge in [-0.3, -0.25) is 4.79 Å². The fourth-order valence-electron chi connectivity index (χ4n) is 3.02. The van der Waals surface area contributed by atoms with Gasteiger partial charge in [0.15, 0.2) is 0 Å². The third kappa shape index (κ3) is 3.61. The number of carbonyl (C=O) groups excluding carboxylic acids is 2. The molecule has 0 spiro atoms. The second-order valence-corrected chi connectivity index (χ2v) is 9.56. The Morgan fingerprint density at radius 3 is 2.36 bits per heavy atom. The number of aryl methyl sites for hydroxylation is 1. The minimum absolute atomic E-state index is 0.230. The molecule has 1 aromatic carbocycles. The lowest BCUT2D eigenvalue weighted by atomic mass is 10.0. The average molecular weight is 442 g/mol. The van der Waals surface area contributed by atoms with Crippen molar-refractivity contribution < 1.29 is 19.1 Å². The lowest BCUT2D eigenvalue weighted by Crippen LogP contribution is -2.26. The lowest BCUT2D eigenvalue weighted by Gasteiger charge is -2.13. The minimum atomic E-state index is -1.09. The molecule has 1 amide bonds. The van der Waals surface area contributed by atoms with Gasteiger partial charge in [0.1, 0.15) is 20.6 Å². The average Bonchev–Trinajstić information content (AvgIpc) is 3.01. The molecule has 0 bridgehead atoms. The molecule has 2 aromatic rings. The summed E-state index contributed by atoms with van der Waals surface area (Å²) >= 11 is 13.6. The van der Waals surface area contributed by atoms with Crippen LogP contribution in [0.2, 0.25) is 0 Å². The van der Waals surface area contributed by atoms with E-state index < -0.39 is 15.7 Å². The van der Waals surface area contributed by atoms with Crippen LogP contribution < -0.4 is 10.1 Å². The van der Waals surface area contributed by atoms with E-state index in [-0.39, 0.29) is 12.5 Å². The van der Waals surface area contributed by atoms with Crippen molar-refractivity contribution in [3.63, 3.8) is 0 Å². The number of thiophene rings is 1. The van der Waals surface area contributed by atoms with Crippen LogP contribution in [0.1, 0.15) is 35.5 Å². The summed E-state index contributed by atoms with van der Waals surface area (Å²) in [5.41, 5.74) is 1.01. The topological polar surface area (TPSA) is 64.6 Å². The molecule has 1 aliphatic carbocycles. The Labute approximate surface area is 177 Å². The Morgan fingerprint density at radius 2 is 1.86 bits per heavy atom. The highest BCUT2D eigenvalue weighted by atomic mass is 35.5. The molecule has 0 unspecified atom stereocenters. The number of carbonyl (C=O) groups is 2. The zero-order valence-electron chi connectivity index (χ0n) is 16.0. The van der Waals surface area contributed by atoms with Crippen LogP contribution in [0.15, 0.2) is 24.3 Å². The predicted molar refractivity (Wildman–Crippen MR) is 113 cm³/mol. The molecule has 150 valence electrons. The van der Waals surface area contributed by atoms with Gasteiger partial charge in [-0.25, -0.2) is 4.79 Å². The summed E-state index contributed by atoms with van der Waals surface area (Å²) in [6.45, 7) is 5.57. The van der Waals surface area contributed by atoms with Crippen molar-refractivity contribution in [1.82, 2.24) is 0 Å². The summed E-state index contributed by atoms with van der Waals surface area (Å²) in [6, 6.07) is 7.38. The third-order valence-electron chi connectivity index (χ3n) is 4.93. The SMILES string of the molecule is CCOC(=O)c1c(NC(=O)[C@]2(C)CC2(Cl)Cl)sc(C)c1-c1ccc(OC)cc1. The number of nitrogens with one attached hydrogen (secondary N) is 1. The first-order chi connectivity index (χ1) is 13.1. The molecule has 0 aliphatic heterocycles. The molecule has 1 atom stereocenters. The van der Waals surface area contributed by atoms with Gasteiger partial charge in [0, 0.05) is 10.4 Å². The highest BCUT2D eigenvalue weighted by Gasteiger charge is 2.68. The standard InChI is InChI=1S/C20H21Cl2NO4S/c1-5-27-17(24)15-14(12-6-8-13(26-4)9-7-12)11(2)28-16(15)23-18(25)19(3)10-20(19,21)22/h6-9H,5,10H2,1-4H3,(H,23,25)/t19-/m0/s1. The van der Waals surface area contributed by atoms with Gasteiger partial charge in [-0.05, 0) is 44.9 Å². The van der Waals surface area contributed by atoms with E-state index in [0.29, 0.717) is 22.7 Å². The Hall–Kier alpha value is -1.76. The fourth-order valence-corrected chi connectivity index (χ4v) is 4.79. The second-order valence-electron chi connectivity index (χ2n) is 6.85. The van der Waals surface area contributed by atoms with Crippen LogP contribution in [0.4, 0.5) is 5.00 Å². The van der Waals surface area contributed by atoms with Crippen molar-refractivity contribution in [3.8, 4) is 16.9 Å². The molecule has 3 rings (SSSR count). The number of alkyl halides is 2. The van der Waals surface area contributed by atoms with Crippen LogP contribution in [0, 0.1) is 12.3 Å². The van der Waals surface area contributed by atoms with E-state index in [9.17, 15) is 9.59 Å². The monoisotopic (exact) mass is 441 g/mol. The maximum atomic E-state index is 12.7. The maximum absolute atomic E-state index is 12.7. The third-order valence-corrected chi connectivity index (χ3v) is 7.05. The summed E-state index contributed by atoms with van der Waals surface area (Å²) in [5.74, 6) is -0.0902. The molecule has 1 aliphatic rings. The molecule has 1 saturated carbocycles. The molecule has 8 heteroatoms. The highest BCUT2D eigenvalue weighted by Crippen LogP contribution is 2.64. The van der Waals surface area contributed by atoms with Gasteiger partial charge in [0.25, 0.3) is 0 Å². The van der Waals surface area contributed by atoms with Gasteiger partial charge in [-0.1, -0.05) is 12.1 Å². The van der Waals surface area contributed by atoms with Gasteiger partial charge >= 0.3 is 5.97 Å². The number of amides is 1. The smallest absolute Gasteiger partial charge is 0.341 e. The molecule has 0 saturated heterocycles. The first kappa shape index (κ1) is 21.0. The number of halogens is 2. The van der Waals surface area contributed by atoms with Crippen molar-refractivity contribution >= 4 is 51.4 Å². The summed E-state index contributed by atoms with van der Waals surface area (Å²) in [4.78, 5) is 26.4. The zero-order valence-corrected chi connectivity index (χ0v) is 18.3. The maximum Gasteiger partial charge on any atom is 0.341 e. The summed E-state index contributed by atoms with van der Waals surface area (Å²) in [5, 5.41) is 3.28. The number of hydrogen-bond acceptors (Lipinski definition) is 5. The number of benzene rings is 1. The number of hydrogen-bond donors (Lipinski definition) is 1. The summed E-state index contributed by atoms with van der Waals surface area (Å²) in [7, 11) is 1.59. The van der Waals surface area contributed by atoms with Crippen LogP contribution in [0.3, 0.4) is 0 Å². The van der Waals surface area contributed by atoms with Crippen LogP contribution in [-0.2, 0) is 9.53 Å². The number of ether oxygens (including phenoxy) is 2. The largest absolute Gasteiger partial charge is 0.497 e. The second kappa shape index (κ2) is 7.58. The van der Waals surface area contributed by atoms with E-state index in [2.05, 4.69) is 5.32 Å². The molecule has 1 fully saturated rings. The Kier molecular flexibility index (Phi) is 5.67. The summed E-state index contributed by atoms with van der Waals surface area (Å²) < 4.78 is 9.36. The van der Waals surface area contributed by atoms with E-state index in [1.165, 1.54) is 11.3 Å². The molecular formula is C20H21Cl2NO4S. The van der Waals surface area contributed by atoms with E-state index >= 15 is 0 Å². The van der Waals surface area contributed by atoms with Crippen molar-refractivity contribution in [2.24, 2.45) is 5.41 Å². The Morgan fingerprint density at radius 1 is 1.25 bits per heavy atom. The number of esters is 1. The lowest BCUT2D eigenvalue weighted by molar-refractivity contribution is -0.120. The van der Waals surface area contributed by atoms with Gasteiger partial charge in [0.2, 0.25) is 5.91 Å². The zero-order chi connectivity index (χ0) is 20.7. The van der Waals surface area contributed by atoms with E-state index in [1.54, 1.807) is 21.0 Å². The van der Waals surface area contributed by atoms with Crippen molar-refractivity contribution in [3.05, 3.63) is 34.7 Å². The molecule has 1 aromatic heterocycles. The summed E-state index contributed by atoms with van der Waals surface area (Å²) in [6.07, 6.45) is 0.360. The van der Waals surface area contributed by atoms with Gasteiger partial charge in [-0.2, -0.15) is 0 Å². The van der Waals surface area contributed by atoms with Crippen LogP contribution >= 0.6 is 34.5 Å². The van der Waals surface area contributed by atoms with Crippen LogP contribution in [-0.4, -0.2) is 29.9 Å². The molecule has 28 heavy (non-hydrogen) atoms. The van der Waals surface area contributed by atoms with E-state index in [1.807, 2.05) is 31.2 Å². The van der Waals surface area contributed by atoms with Crippen molar-refractivity contribution in [1.29, 1.82) is 0 Å². The number of methoxy groups -OCH3 is 1. The van der Waals surface area contributed by atoms with E-state index in [0.717, 1.165) is 16.0 Å². The fraction of sp³-hybridized carbons (Fsp3) is 0.400. The van der Waals surface area contributed by atoms with Crippen molar-refractivity contribution in [2.45, 2.75) is 31.5 Å². The molecule has 1 heterocycles.